The van der Waals surface area contributed by atoms with E-state index in [2.05, 4.69) is 6.58 Å². The van der Waals surface area contributed by atoms with Gasteiger partial charge in [-0.2, -0.15) is 0 Å². The molecule has 1 fully saturated rings. The zero-order chi connectivity index (χ0) is 13.4. The Morgan fingerprint density at radius 1 is 1.56 bits per heavy atom. The lowest BCUT2D eigenvalue weighted by Crippen LogP contribution is -2.41. The topological polar surface area (TPSA) is 55.6 Å². The van der Waals surface area contributed by atoms with E-state index < -0.39 is 0 Å². The van der Waals surface area contributed by atoms with E-state index in [1.165, 1.54) is 12.8 Å². The molecule has 1 rings (SSSR count). The third kappa shape index (κ3) is 4.42. The number of hydrogen-bond acceptors (Lipinski definition) is 3. The summed E-state index contributed by atoms with van der Waals surface area (Å²) in [5, 5.41) is 0. The fraction of sp³-hybridized carbons (Fsp3) is 0.786. The third-order valence-corrected chi connectivity index (χ3v) is 3.48. The molecule has 4 nitrogen and oxygen atoms in total. The third-order valence-electron chi connectivity index (χ3n) is 3.48. The van der Waals surface area contributed by atoms with E-state index in [1.807, 2.05) is 11.8 Å². The molecule has 0 aromatic carbocycles. The number of amides is 1. The van der Waals surface area contributed by atoms with Crippen molar-refractivity contribution in [3.05, 3.63) is 12.7 Å². The van der Waals surface area contributed by atoms with Gasteiger partial charge in [0.1, 0.15) is 0 Å². The second kappa shape index (κ2) is 8.27. The molecular weight excluding hydrogens is 228 g/mol. The Kier molecular flexibility index (Phi) is 6.98. The van der Waals surface area contributed by atoms with Crippen LogP contribution < -0.4 is 5.73 Å². The summed E-state index contributed by atoms with van der Waals surface area (Å²) in [7, 11) is 0. The first kappa shape index (κ1) is 15.2. The molecule has 1 saturated carbocycles. The van der Waals surface area contributed by atoms with Gasteiger partial charge in [-0.05, 0) is 19.8 Å². The van der Waals surface area contributed by atoms with Crippen molar-refractivity contribution in [2.24, 2.45) is 5.73 Å². The van der Waals surface area contributed by atoms with Gasteiger partial charge in [0.15, 0.2) is 0 Å². The molecule has 0 saturated heterocycles. The molecule has 1 aliphatic carbocycles. The van der Waals surface area contributed by atoms with Gasteiger partial charge < -0.3 is 15.4 Å². The largest absolute Gasteiger partial charge is 0.377 e. The normalized spacial score (nSPS) is 17.7. The van der Waals surface area contributed by atoms with Gasteiger partial charge in [-0.15, -0.1) is 6.58 Å². The molecule has 18 heavy (non-hydrogen) atoms. The Morgan fingerprint density at radius 2 is 2.22 bits per heavy atom. The minimum absolute atomic E-state index is 0.144. The van der Waals surface area contributed by atoms with Gasteiger partial charge in [0.2, 0.25) is 5.91 Å². The van der Waals surface area contributed by atoms with Crippen molar-refractivity contribution in [3.8, 4) is 0 Å². The number of hydrogen-bond donors (Lipinski definition) is 1. The van der Waals surface area contributed by atoms with Crippen LogP contribution in [0.4, 0.5) is 0 Å². The second-order valence-electron chi connectivity index (χ2n) is 4.79. The molecule has 0 radical (unpaired) electrons. The molecule has 0 heterocycles. The summed E-state index contributed by atoms with van der Waals surface area (Å²) < 4.78 is 5.45. The van der Waals surface area contributed by atoms with Crippen LogP contribution >= 0.6 is 0 Å². The summed E-state index contributed by atoms with van der Waals surface area (Å²) in [6.45, 7) is 7.29. The van der Waals surface area contributed by atoms with Crippen LogP contribution in [0.1, 0.15) is 39.0 Å². The van der Waals surface area contributed by atoms with Gasteiger partial charge in [0.25, 0.3) is 0 Å². The van der Waals surface area contributed by atoms with Gasteiger partial charge in [-0.25, -0.2) is 0 Å². The molecule has 0 aromatic heterocycles. The smallest absolute Gasteiger partial charge is 0.225 e. The summed E-state index contributed by atoms with van der Waals surface area (Å²) in [4.78, 5) is 14.3. The number of carbonyl (C=O) groups excluding carboxylic acids is 1. The number of rotatable bonds is 8. The second-order valence-corrected chi connectivity index (χ2v) is 4.79. The number of carbonyl (C=O) groups is 1. The highest BCUT2D eigenvalue weighted by molar-refractivity contribution is 5.77. The van der Waals surface area contributed by atoms with E-state index in [0.29, 0.717) is 32.2 Å². The van der Waals surface area contributed by atoms with E-state index in [9.17, 15) is 4.79 Å². The monoisotopic (exact) mass is 254 g/mol. The van der Waals surface area contributed by atoms with E-state index >= 15 is 0 Å². The van der Waals surface area contributed by atoms with Gasteiger partial charge >= 0.3 is 0 Å². The lowest BCUT2D eigenvalue weighted by Gasteiger charge is -2.29. The minimum Gasteiger partial charge on any atom is -0.377 e. The molecule has 104 valence electrons. The molecule has 1 unspecified atom stereocenters. The van der Waals surface area contributed by atoms with Gasteiger partial charge in [-0.1, -0.05) is 18.9 Å². The lowest BCUT2D eigenvalue weighted by atomic mass is 10.1. The summed E-state index contributed by atoms with van der Waals surface area (Å²) in [6, 6.07) is 0.385. The van der Waals surface area contributed by atoms with Gasteiger partial charge in [0.05, 0.1) is 12.5 Å². The standard InChI is InChI=1S/C14H26N2O2/c1-3-9-16(12-7-5-6-8-12)14(17)10-13(11-15)18-4-2/h3,12-13H,1,4-11,15H2,2H3. The van der Waals surface area contributed by atoms with Crippen LogP contribution in [0, 0.1) is 0 Å². The SMILES string of the molecule is C=CCN(C(=O)CC(CN)OCC)C1CCCC1. The molecule has 0 bridgehead atoms. The molecule has 1 aliphatic rings. The minimum atomic E-state index is -0.156. The Balaban J connectivity index is 2.54. The van der Waals surface area contributed by atoms with Crippen LogP contribution in [0.3, 0.4) is 0 Å². The van der Waals surface area contributed by atoms with Crippen molar-refractivity contribution < 1.29 is 9.53 Å². The first-order valence-electron chi connectivity index (χ1n) is 6.94. The molecule has 0 spiro atoms. The fourth-order valence-corrected chi connectivity index (χ4v) is 2.57. The van der Waals surface area contributed by atoms with E-state index in [1.54, 1.807) is 6.08 Å². The average Bonchev–Trinajstić information content (AvgIpc) is 2.88. The van der Waals surface area contributed by atoms with Crippen LogP contribution in [-0.4, -0.2) is 42.6 Å². The fourth-order valence-electron chi connectivity index (χ4n) is 2.57. The maximum atomic E-state index is 12.3. The van der Waals surface area contributed by atoms with Crippen molar-refractivity contribution >= 4 is 5.91 Å². The molecular formula is C14H26N2O2. The number of nitrogens with two attached hydrogens (primary N) is 1. The van der Waals surface area contributed by atoms with Crippen molar-refractivity contribution in [1.82, 2.24) is 4.90 Å². The Bertz CT molecular complexity index is 263. The van der Waals surface area contributed by atoms with Gasteiger partial charge in [-0.3, -0.25) is 4.79 Å². The first-order valence-corrected chi connectivity index (χ1v) is 6.94. The lowest BCUT2D eigenvalue weighted by molar-refractivity contribution is -0.135. The predicted octanol–water partition coefficient (Wildman–Crippen LogP) is 1.70. The predicted molar refractivity (Wildman–Crippen MR) is 73.3 cm³/mol. The summed E-state index contributed by atoms with van der Waals surface area (Å²) in [6.07, 6.45) is 6.69. The molecule has 4 heteroatoms. The van der Waals surface area contributed by atoms with E-state index in [-0.39, 0.29) is 12.0 Å². The molecule has 1 amide bonds. The maximum Gasteiger partial charge on any atom is 0.225 e. The van der Waals surface area contributed by atoms with Crippen molar-refractivity contribution in [3.63, 3.8) is 0 Å². The Labute approximate surface area is 110 Å². The van der Waals surface area contributed by atoms with Crippen LogP contribution in [0.5, 0.6) is 0 Å². The maximum absolute atomic E-state index is 12.3. The summed E-state index contributed by atoms with van der Waals surface area (Å²) >= 11 is 0. The van der Waals surface area contributed by atoms with Crippen molar-refractivity contribution in [1.29, 1.82) is 0 Å². The van der Waals surface area contributed by atoms with Crippen molar-refractivity contribution in [2.75, 3.05) is 19.7 Å². The molecule has 1 atom stereocenters. The Hall–Kier alpha value is -0.870. The van der Waals surface area contributed by atoms with Crippen LogP contribution in [-0.2, 0) is 9.53 Å². The summed E-state index contributed by atoms with van der Waals surface area (Å²) in [5.74, 6) is 0.144. The Morgan fingerprint density at radius 3 is 2.72 bits per heavy atom. The van der Waals surface area contributed by atoms with Gasteiger partial charge in [0, 0.05) is 25.7 Å². The van der Waals surface area contributed by atoms with Crippen molar-refractivity contribution in [2.45, 2.75) is 51.2 Å². The highest BCUT2D eigenvalue weighted by Gasteiger charge is 2.27. The molecule has 0 aromatic rings. The van der Waals surface area contributed by atoms with Crippen LogP contribution in [0.2, 0.25) is 0 Å². The number of ether oxygens (including phenoxy) is 1. The molecule has 0 aliphatic heterocycles. The zero-order valence-electron chi connectivity index (χ0n) is 11.4. The highest BCUT2D eigenvalue weighted by atomic mass is 16.5. The quantitative estimate of drug-likeness (QED) is 0.671. The highest BCUT2D eigenvalue weighted by Crippen LogP contribution is 2.24. The zero-order valence-corrected chi connectivity index (χ0v) is 11.4. The summed E-state index contributed by atoms with van der Waals surface area (Å²) in [5.41, 5.74) is 5.62. The number of nitrogens with zero attached hydrogens (tertiary/aromatic N) is 1. The van der Waals surface area contributed by atoms with E-state index in [0.717, 1.165) is 12.8 Å². The van der Waals surface area contributed by atoms with Crippen LogP contribution in [0.25, 0.3) is 0 Å². The molecule has 2 N–H and O–H groups in total. The van der Waals surface area contributed by atoms with E-state index in [4.69, 9.17) is 10.5 Å². The first-order chi connectivity index (χ1) is 8.72. The average molecular weight is 254 g/mol. The van der Waals surface area contributed by atoms with Crippen LogP contribution in [0.15, 0.2) is 12.7 Å².